The second-order valence-corrected chi connectivity index (χ2v) is 2.30. The van der Waals surface area contributed by atoms with E-state index in [1.807, 2.05) is 6.11 Å². The van der Waals surface area contributed by atoms with E-state index in [1.165, 1.54) is 6.92 Å². The summed E-state index contributed by atoms with van der Waals surface area (Å²) in [6.45, 7) is 1.51. The van der Waals surface area contributed by atoms with Gasteiger partial charge in [-0.1, -0.05) is 6.42 Å². The van der Waals surface area contributed by atoms with Gasteiger partial charge in [0.2, 0.25) is 0 Å². The zero-order chi connectivity index (χ0) is 8.97. The van der Waals surface area contributed by atoms with Crippen molar-refractivity contribution in [1.82, 2.24) is 0 Å². The molecule has 0 bridgehead atoms. The van der Waals surface area contributed by atoms with Gasteiger partial charge in [-0.2, -0.15) is 0 Å². The molecule has 0 aromatic heterocycles. The summed E-state index contributed by atoms with van der Waals surface area (Å²) in [5.41, 5.74) is 0.652. The monoisotopic (exact) mass is 160 g/mol. The SMILES string of the molecule is C#COc1ccc(C(C)=O)cc1. The van der Waals surface area contributed by atoms with Crippen molar-refractivity contribution in [2.75, 3.05) is 0 Å². The minimum Gasteiger partial charge on any atom is -0.408 e. The zero-order valence-corrected chi connectivity index (χ0v) is 6.70. The number of terminal acetylenes is 1. The molecule has 0 amide bonds. The average molecular weight is 160 g/mol. The lowest BCUT2D eigenvalue weighted by Crippen LogP contribution is -1.91. The first kappa shape index (κ1) is 8.35. The molecule has 1 aromatic rings. The maximum Gasteiger partial charge on any atom is 0.159 e. The lowest BCUT2D eigenvalue weighted by molar-refractivity contribution is 0.101. The van der Waals surface area contributed by atoms with Crippen LogP contribution in [0.3, 0.4) is 0 Å². The number of ketones is 1. The Morgan fingerprint density at radius 1 is 1.42 bits per heavy atom. The summed E-state index contributed by atoms with van der Waals surface area (Å²) < 4.78 is 4.76. The molecule has 0 aliphatic heterocycles. The maximum absolute atomic E-state index is 10.8. The van der Waals surface area contributed by atoms with E-state index in [0.29, 0.717) is 11.3 Å². The van der Waals surface area contributed by atoms with Crippen LogP contribution in [0.25, 0.3) is 0 Å². The molecule has 0 radical (unpaired) electrons. The molecule has 0 aliphatic carbocycles. The molecule has 1 aromatic carbocycles. The van der Waals surface area contributed by atoms with E-state index in [0.717, 1.165) is 0 Å². The standard InChI is InChI=1S/C10H8O2/c1-3-12-10-6-4-9(5-7-10)8(2)11/h1,4-7H,2H3. The normalized spacial score (nSPS) is 8.67. The van der Waals surface area contributed by atoms with Crippen LogP contribution >= 0.6 is 0 Å². The molecule has 0 saturated carbocycles. The summed E-state index contributed by atoms with van der Waals surface area (Å²) in [5, 5.41) is 0. The van der Waals surface area contributed by atoms with Crippen molar-refractivity contribution in [3.05, 3.63) is 29.8 Å². The van der Waals surface area contributed by atoms with Crippen molar-refractivity contribution in [1.29, 1.82) is 0 Å². The quantitative estimate of drug-likeness (QED) is 0.487. The van der Waals surface area contributed by atoms with Gasteiger partial charge in [0.05, 0.1) is 0 Å². The summed E-state index contributed by atoms with van der Waals surface area (Å²) >= 11 is 0. The molecule has 0 heterocycles. The van der Waals surface area contributed by atoms with E-state index in [4.69, 9.17) is 11.2 Å². The molecule has 1 rings (SSSR count). The first-order valence-corrected chi connectivity index (χ1v) is 3.47. The predicted octanol–water partition coefficient (Wildman–Crippen LogP) is 1.86. The Labute approximate surface area is 71.2 Å². The van der Waals surface area contributed by atoms with Crippen molar-refractivity contribution in [2.24, 2.45) is 0 Å². The number of hydrogen-bond acceptors (Lipinski definition) is 2. The van der Waals surface area contributed by atoms with Crippen LogP contribution in [0.2, 0.25) is 0 Å². The fraction of sp³-hybridized carbons (Fsp3) is 0.100. The molecule has 0 fully saturated rings. The van der Waals surface area contributed by atoms with Gasteiger partial charge in [-0.3, -0.25) is 4.79 Å². The summed E-state index contributed by atoms with van der Waals surface area (Å²) in [5.74, 6) is 0.602. The number of benzene rings is 1. The fourth-order valence-corrected chi connectivity index (χ4v) is 0.826. The second kappa shape index (κ2) is 3.59. The highest BCUT2D eigenvalue weighted by atomic mass is 16.5. The van der Waals surface area contributed by atoms with Crippen molar-refractivity contribution in [2.45, 2.75) is 6.92 Å². The molecular weight excluding hydrogens is 152 g/mol. The minimum absolute atomic E-state index is 0.0299. The molecule has 2 heteroatoms. The lowest BCUT2D eigenvalue weighted by atomic mass is 10.1. The first-order valence-electron chi connectivity index (χ1n) is 3.47. The predicted molar refractivity (Wildman–Crippen MR) is 45.9 cm³/mol. The number of carbonyl (C=O) groups is 1. The van der Waals surface area contributed by atoms with Gasteiger partial charge in [-0.05, 0) is 31.2 Å². The van der Waals surface area contributed by atoms with Crippen molar-refractivity contribution >= 4 is 5.78 Å². The highest BCUT2D eigenvalue weighted by Gasteiger charge is 1.97. The molecule has 60 valence electrons. The molecular formula is C10H8O2. The fourth-order valence-electron chi connectivity index (χ4n) is 0.826. The Morgan fingerprint density at radius 2 is 2.00 bits per heavy atom. The Balaban J connectivity index is 2.87. The van der Waals surface area contributed by atoms with Gasteiger partial charge in [0.1, 0.15) is 11.9 Å². The molecule has 0 aliphatic rings. The van der Waals surface area contributed by atoms with Crippen LogP contribution < -0.4 is 4.74 Å². The van der Waals surface area contributed by atoms with Gasteiger partial charge < -0.3 is 4.74 Å². The number of Topliss-reactive ketones (excluding diaryl/α,β-unsaturated/α-hetero) is 1. The Morgan fingerprint density at radius 3 is 2.42 bits per heavy atom. The Bertz CT molecular complexity index is 317. The maximum atomic E-state index is 10.8. The summed E-state index contributed by atoms with van der Waals surface area (Å²) in [7, 11) is 0. The van der Waals surface area contributed by atoms with E-state index in [-0.39, 0.29) is 5.78 Å². The smallest absolute Gasteiger partial charge is 0.159 e. The zero-order valence-electron chi connectivity index (χ0n) is 6.70. The molecule has 0 unspecified atom stereocenters. The van der Waals surface area contributed by atoms with Gasteiger partial charge in [0.25, 0.3) is 0 Å². The van der Waals surface area contributed by atoms with Crippen LogP contribution in [0.1, 0.15) is 17.3 Å². The largest absolute Gasteiger partial charge is 0.408 e. The number of carbonyl (C=O) groups excluding carboxylic acids is 1. The first-order chi connectivity index (χ1) is 5.74. The Hall–Kier alpha value is -1.75. The lowest BCUT2D eigenvalue weighted by Gasteiger charge is -1.97. The van der Waals surface area contributed by atoms with E-state index in [9.17, 15) is 4.79 Å². The van der Waals surface area contributed by atoms with Gasteiger partial charge in [-0.25, -0.2) is 0 Å². The van der Waals surface area contributed by atoms with E-state index in [1.54, 1.807) is 24.3 Å². The third-order valence-corrected chi connectivity index (χ3v) is 1.44. The van der Waals surface area contributed by atoms with Crippen molar-refractivity contribution in [3.63, 3.8) is 0 Å². The molecule has 0 spiro atoms. The van der Waals surface area contributed by atoms with Crippen LogP contribution in [-0.2, 0) is 0 Å². The van der Waals surface area contributed by atoms with E-state index in [2.05, 4.69) is 0 Å². The van der Waals surface area contributed by atoms with E-state index >= 15 is 0 Å². The van der Waals surface area contributed by atoms with E-state index < -0.39 is 0 Å². The number of ether oxygens (including phenoxy) is 1. The molecule has 2 nitrogen and oxygen atoms in total. The van der Waals surface area contributed by atoms with Crippen LogP contribution in [-0.4, -0.2) is 5.78 Å². The van der Waals surface area contributed by atoms with Crippen LogP contribution in [0.5, 0.6) is 5.75 Å². The van der Waals surface area contributed by atoms with Gasteiger partial charge >= 0.3 is 0 Å². The van der Waals surface area contributed by atoms with Gasteiger partial charge in [0, 0.05) is 5.56 Å². The highest BCUT2D eigenvalue weighted by molar-refractivity contribution is 5.94. The number of hydrogen-bond donors (Lipinski definition) is 0. The van der Waals surface area contributed by atoms with Crippen molar-refractivity contribution < 1.29 is 9.53 Å². The summed E-state index contributed by atoms with van der Waals surface area (Å²) in [4.78, 5) is 10.8. The topological polar surface area (TPSA) is 26.3 Å². The minimum atomic E-state index is 0.0299. The number of rotatable bonds is 2. The van der Waals surface area contributed by atoms with Crippen LogP contribution in [0.15, 0.2) is 24.3 Å². The van der Waals surface area contributed by atoms with Crippen LogP contribution in [0.4, 0.5) is 0 Å². The molecule has 0 saturated heterocycles. The third-order valence-electron chi connectivity index (χ3n) is 1.44. The van der Waals surface area contributed by atoms with Crippen LogP contribution in [0, 0.1) is 12.5 Å². The average Bonchev–Trinajstić information content (AvgIpc) is 2.06. The van der Waals surface area contributed by atoms with Gasteiger partial charge in [0.15, 0.2) is 5.78 Å². The molecule has 0 atom stereocenters. The third kappa shape index (κ3) is 1.86. The van der Waals surface area contributed by atoms with Crippen molar-refractivity contribution in [3.8, 4) is 18.3 Å². The summed E-state index contributed by atoms with van der Waals surface area (Å²) in [6.07, 6.45) is 6.97. The summed E-state index contributed by atoms with van der Waals surface area (Å²) in [6, 6.07) is 6.68. The molecule has 12 heavy (non-hydrogen) atoms. The highest BCUT2D eigenvalue weighted by Crippen LogP contribution is 2.11. The Kier molecular flexibility index (Phi) is 2.49. The molecule has 0 N–H and O–H groups in total. The van der Waals surface area contributed by atoms with Gasteiger partial charge in [-0.15, -0.1) is 0 Å². The second-order valence-electron chi connectivity index (χ2n) is 2.30.